The first-order valence-electron chi connectivity index (χ1n) is 5.95. The zero-order chi connectivity index (χ0) is 13.8. The van der Waals surface area contributed by atoms with Crippen molar-refractivity contribution in [3.8, 4) is 28.6 Å². The summed E-state index contributed by atoms with van der Waals surface area (Å²) in [4.78, 5) is 16.3. The van der Waals surface area contributed by atoms with Crippen LogP contribution < -0.4 is 0 Å². The molecule has 0 saturated heterocycles. The zero-order valence-corrected chi connectivity index (χ0v) is 10.4. The summed E-state index contributed by atoms with van der Waals surface area (Å²) >= 11 is 0. The van der Waals surface area contributed by atoms with Gasteiger partial charge in [0, 0.05) is 23.5 Å². The maximum Gasteiger partial charge on any atom is 0.116 e. The first-order valence-corrected chi connectivity index (χ1v) is 5.95. The minimum absolute atomic E-state index is 0.580. The van der Waals surface area contributed by atoms with Gasteiger partial charge in [0.05, 0.1) is 23.0 Å². The maximum absolute atomic E-state index is 9.06. The molecule has 0 aliphatic carbocycles. The fraction of sp³-hybridized carbons (Fsp3) is 0. The lowest BCUT2D eigenvalue weighted by atomic mass is 9.99. The van der Waals surface area contributed by atoms with Crippen molar-refractivity contribution in [1.29, 1.82) is 5.26 Å². The molecule has 0 aliphatic heterocycles. The van der Waals surface area contributed by atoms with Gasteiger partial charge in [0.25, 0.3) is 0 Å². The van der Waals surface area contributed by atoms with Crippen molar-refractivity contribution in [3.63, 3.8) is 0 Å². The molecule has 3 aromatic rings. The van der Waals surface area contributed by atoms with E-state index in [2.05, 4.69) is 26.0 Å². The molecule has 0 radical (unpaired) electrons. The predicted molar refractivity (Wildman–Crippen MR) is 73.2 cm³/mol. The van der Waals surface area contributed by atoms with Gasteiger partial charge in [-0.05, 0) is 24.3 Å². The van der Waals surface area contributed by atoms with Crippen LogP contribution in [0.25, 0.3) is 22.5 Å². The Morgan fingerprint density at radius 3 is 2.00 bits per heavy atom. The Hall–Kier alpha value is -3.13. The molecule has 0 bridgehead atoms. The normalized spacial score (nSPS) is 9.95. The molecule has 0 spiro atoms. The lowest BCUT2D eigenvalue weighted by Crippen LogP contribution is -1.92. The molecule has 20 heavy (non-hydrogen) atoms. The highest BCUT2D eigenvalue weighted by atomic mass is 14.8. The van der Waals surface area contributed by atoms with Gasteiger partial charge in [0.1, 0.15) is 12.7 Å². The maximum atomic E-state index is 9.06. The zero-order valence-electron chi connectivity index (χ0n) is 10.4. The lowest BCUT2D eigenvalue weighted by molar-refractivity contribution is 1.16. The summed E-state index contributed by atoms with van der Waals surface area (Å²) < 4.78 is 0. The van der Waals surface area contributed by atoms with Crippen LogP contribution in [0.4, 0.5) is 0 Å². The van der Waals surface area contributed by atoms with Crippen molar-refractivity contribution >= 4 is 0 Å². The predicted octanol–water partition coefficient (Wildman–Crippen LogP) is 2.47. The van der Waals surface area contributed by atoms with E-state index in [1.807, 2.05) is 12.1 Å². The third-order valence-electron chi connectivity index (χ3n) is 2.86. The topological polar surface area (TPSA) is 75.3 Å². The third kappa shape index (κ3) is 2.22. The highest BCUT2D eigenvalue weighted by Crippen LogP contribution is 2.30. The van der Waals surface area contributed by atoms with E-state index in [-0.39, 0.29) is 0 Å². The highest BCUT2D eigenvalue weighted by molar-refractivity contribution is 5.80. The summed E-state index contributed by atoms with van der Waals surface area (Å²) in [6, 6.07) is 11.2. The first kappa shape index (κ1) is 11.9. The minimum atomic E-state index is 0.580. The third-order valence-corrected chi connectivity index (χ3v) is 2.86. The molecule has 2 aromatic heterocycles. The van der Waals surface area contributed by atoms with Crippen LogP contribution in [-0.2, 0) is 0 Å². The lowest BCUT2D eigenvalue weighted by Gasteiger charge is -2.08. The van der Waals surface area contributed by atoms with Crippen LogP contribution in [0.1, 0.15) is 5.56 Å². The summed E-state index contributed by atoms with van der Waals surface area (Å²) in [5.41, 5.74) is 3.88. The van der Waals surface area contributed by atoms with Gasteiger partial charge in [-0.2, -0.15) is 5.26 Å². The van der Waals surface area contributed by atoms with Gasteiger partial charge in [-0.3, -0.25) is 0 Å². The van der Waals surface area contributed by atoms with Crippen LogP contribution in [0.2, 0.25) is 0 Å². The van der Waals surface area contributed by atoms with Crippen LogP contribution >= 0.6 is 0 Å². The molecule has 0 atom stereocenters. The van der Waals surface area contributed by atoms with Gasteiger partial charge in [-0.1, -0.05) is 6.07 Å². The standard InChI is InChI=1S/C15H9N5/c16-8-11-1-2-12(14-3-5-17-9-19-14)13(7-11)15-4-6-18-10-20-15/h1-7,9-10H. The Balaban J connectivity index is 2.23. The van der Waals surface area contributed by atoms with Crippen molar-refractivity contribution in [1.82, 2.24) is 19.9 Å². The number of rotatable bonds is 2. The van der Waals surface area contributed by atoms with Crippen molar-refractivity contribution in [3.05, 3.63) is 60.9 Å². The van der Waals surface area contributed by atoms with Crippen molar-refractivity contribution in [2.45, 2.75) is 0 Å². The molecule has 2 heterocycles. The molecule has 0 amide bonds. The molecule has 0 saturated carbocycles. The van der Waals surface area contributed by atoms with Crippen molar-refractivity contribution < 1.29 is 0 Å². The number of aromatic nitrogens is 4. The average molecular weight is 259 g/mol. The molecule has 5 nitrogen and oxygen atoms in total. The fourth-order valence-electron chi connectivity index (χ4n) is 1.95. The molecule has 0 fully saturated rings. The molecule has 0 unspecified atom stereocenters. The van der Waals surface area contributed by atoms with Gasteiger partial charge >= 0.3 is 0 Å². The van der Waals surface area contributed by atoms with E-state index < -0.39 is 0 Å². The van der Waals surface area contributed by atoms with Gasteiger partial charge in [0.15, 0.2) is 0 Å². The molecule has 0 aliphatic rings. The second-order valence-electron chi connectivity index (χ2n) is 4.06. The second-order valence-corrected chi connectivity index (χ2v) is 4.06. The molecule has 0 N–H and O–H groups in total. The summed E-state index contributed by atoms with van der Waals surface area (Å²) in [6.07, 6.45) is 6.34. The van der Waals surface area contributed by atoms with Gasteiger partial charge in [-0.15, -0.1) is 0 Å². The fourth-order valence-corrected chi connectivity index (χ4v) is 1.95. The highest BCUT2D eigenvalue weighted by Gasteiger charge is 2.10. The summed E-state index contributed by atoms with van der Waals surface area (Å²) in [5.74, 6) is 0. The Labute approximate surface area is 115 Å². The van der Waals surface area contributed by atoms with Crippen molar-refractivity contribution in [2.24, 2.45) is 0 Å². The van der Waals surface area contributed by atoms with E-state index >= 15 is 0 Å². The van der Waals surface area contributed by atoms with Gasteiger partial charge < -0.3 is 0 Å². The summed E-state index contributed by atoms with van der Waals surface area (Å²) in [6.45, 7) is 0. The van der Waals surface area contributed by atoms with E-state index in [1.54, 1.807) is 30.6 Å². The van der Waals surface area contributed by atoms with Gasteiger partial charge in [0.2, 0.25) is 0 Å². The largest absolute Gasteiger partial charge is 0.245 e. The quantitative estimate of drug-likeness (QED) is 0.706. The Kier molecular flexibility index (Phi) is 3.13. The Bertz CT molecular complexity index is 763. The van der Waals surface area contributed by atoms with Crippen LogP contribution in [0.3, 0.4) is 0 Å². The summed E-state index contributed by atoms with van der Waals surface area (Å²) in [7, 11) is 0. The average Bonchev–Trinajstić information content (AvgIpc) is 2.56. The van der Waals surface area contributed by atoms with Crippen LogP contribution in [-0.4, -0.2) is 19.9 Å². The minimum Gasteiger partial charge on any atom is -0.245 e. The van der Waals surface area contributed by atoms with E-state index in [0.717, 1.165) is 22.5 Å². The van der Waals surface area contributed by atoms with E-state index in [0.29, 0.717) is 5.56 Å². The Morgan fingerprint density at radius 1 is 0.800 bits per heavy atom. The van der Waals surface area contributed by atoms with Crippen LogP contribution in [0.15, 0.2) is 55.4 Å². The molecule has 94 valence electrons. The number of benzene rings is 1. The van der Waals surface area contributed by atoms with E-state index in [1.165, 1.54) is 12.7 Å². The van der Waals surface area contributed by atoms with Crippen molar-refractivity contribution in [2.75, 3.05) is 0 Å². The first-order chi connectivity index (χ1) is 9.88. The smallest absolute Gasteiger partial charge is 0.116 e. The van der Waals surface area contributed by atoms with Crippen LogP contribution in [0, 0.1) is 11.3 Å². The monoisotopic (exact) mass is 259 g/mol. The molecule has 1 aromatic carbocycles. The number of hydrogen-bond acceptors (Lipinski definition) is 5. The van der Waals surface area contributed by atoms with E-state index in [9.17, 15) is 0 Å². The molecular formula is C15H9N5. The number of nitriles is 1. The SMILES string of the molecule is N#Cc1ccc(-c2ccncn2)c(-c2ccncn2)c1. The van der Waals surface area contributed by atoms with Crippen LogP contribution in [0.5, 0.6) is 0 Å². The summed E-state index contributed by atoms with van der Waals surface area (Å²) in [5, 5.41) is 9.06. The number of hydrogen-bond donors (Lipinski definition) is 0. The molecular weight excluding hydrogens is 250 g/mol. The number of nitrogens with zero attached hydrogens (tertiary/aromatic N) is 5. The van der Waals surface area contributed by atoms with E-state index in [4.69, 9.17) is 5.26 Å². The second kappa shape index (κ2) is 5.24. The molecule has 5 heteroatoms. The Morgan fingerprint density at radius 2 is 1.45 bits per heavy atom. The van der Waals surface area contributed by atoms with Gasteiger partial charge in [-0.25, -0.2) is 19.9 Å². The molecule has 3 rings (SSSR count).